The largest absolute Gasteiger partial charge is 0.454 e. The fourth-order valence-electron chi connectivity index (χ4n) is 3.16. The first-order valence-corrected chi connectivity index (χ1v) is 10.9. The number of hydrogen-bond donors (Lipinski definition) is 1. The number of sulfone groups is 1. The van der Waals surface area contributed by atoms with E-state index in [2.05, 4.69) is 17.1 Å². The molecular formula is C18H28N2O5S. The van der Waals surface area contributed by atoms with Crippen molar-refractivity contribution in [1.82, 2.24) is 10.2 Å². The van der Waals surface area contributed by atoms with Crippen molar-refractivity contribution >= 4 is 15.7 Å². The molecule has 1 aliphatic rings. The molecule has 0 radical (unpaired) electrons. The van der Waals surface area contributed by atoms with Crippen LogP contribution in [0.3, 0.4) is 0 Å². The molecule has 0 bridgehead atoms. The van der Waals surface area contributed by atoms with E-state index in [0.29, 0.717) is 0 Å². The Morgan fingerprint density at radius 1 is 1.27 bits per heavy atom. The maximum absolute atomic E-state index is 12.0. The first kappa shape index (κ1) is 20.5. The van der Waals surface area contributed by atoms with Crippen molar-refractivity contribution in [2.24, 2.45) is 0 Å². The Bertz CT molecular complexity index is 735. The first-order valence-electron chi connectivity index (χ1n) is 8.81. The van der Waals surface area contributed by atoms with Crippen molar-refractivity contribution in [2.45, 2.75) is 45.8 Å². The van der Waals surface area contributed by atoms with Gasteiger partial charge in [0.2, 0.25) is 12.7 Å². The Morgan fingerprint density at radius 3 is 2.62 bits per heavy atom. The lowest BCUT2D eigenvalue weighted by Crippen LogP contribution is -2.50. The Kier molecular flexibility index (Phi) is 6.88. The van der Waals surface area contributed by atoms with Gasteiger partial charge in [-0.05, 0) is 44.5 Å². The normalized spacial score (nSPS) is 15.7. The number of ether oxygens (including phenoxy) is 2. The zero-order valence-electron chi connectivity index (χ0n) is 15.8. The van der Waals surface area contributed by atoms with E-state index < -0.39 is 9.84 Å². The second-order valence-corrected chi connectivity index (χ2v) is 8.95. The summed E-state index contributed by atoms with van der Waals surface area (Å²) < 4.78 is 33.1. The molecule has 2 atom stereocenters. The molecule has 1 amide bonds. The second kappa shape index (κ2) is 8.73. The average Bonchev–Trinajstić information content (AvgIpc) is 3.00. The molecule has 1 aromatic rings. The van der Waals surface area contributed by atoms with Crippen LogP contribution in [0.1, 0.15) is 32.8 Å². The molecule has 1 aromatic carbocycles. The van der Waals surface area contributed by atoms with Gasteiger partial charge in [-0.25, -0.2) is 8.42 Å². The van der Waals surface area contributed by atoms with Gasteiger partial charge in [0, 0.05) is 18.7 Å². The molecule has 2 rings (SSSR count). The van der Waals surface area contributed by atoms with Gasteiger partial charge in [-0.1, -0.05) is 13.0 Å². The third-order valence-electron chi connectivity index (χ3n) is 4.47. The summed E-state index contributed by atoms with van der Waals surface area (Å²) in [7, 11) is -3.14. The Labute approximate surface area is 155 Å². The molecule has 8 heteroatoms. The lowest BCUT2D eigenvalue weighted by molar-refractivity contribution is -0.122. The summed E-state index contributed by atoms with van der Waals surface area (Å²) in [5, 5.41) is 2.89. The van der Waals surface area contributed by atoms with Crippen molar-refractivity contribution in [2.75, 3.05) is 25.3 Å². The van der Waals surface area contributed by atoms with Crippen molar-refractivity contribution in [1.29, 1.82) is 0 Å². The third kappa shape index (κ3) is 5.88. The maximum Gasteiger partial charge on any atom is 0.231 e. The van der Waals surface area contributed by atoms with Gasteiger partial charge in [-0.15, -0.1) is 0 Å². The fraction of sp³-hybridized carbons (Fsp3) is 0.611. The quantitative estimate of drug-likeness (QED) is 0.651. The van der Waals surface area contributed by atoms with Crippen LogP contribution in [0.25, 0.3) is 0 Å². The summed E-state index contributed by atoms with van der Waals surface area (Å²) in [6.45, 7) is 7.08. The highest BCUT2D eigenvalue weighted by Crippen LogP contribution is 2.33. The zero-order valence-corrected chi connectivity index (χ0v) is 16.6. The molecule has 1 heterocycles. The van der Waals surface area contributed by atoms with Gasteiger partial charge < -0.3 is 14.8 Å². The van der Waals surface area contributed by atoms with Gasteiger partial charge in [-0.2, -0.15) is 0 Å². The van der Waals surface area contributed by atoms with Crippen LogP contribution in [0.2, 0.25) is 0 Å². The summed E-state index contributed by atoms with van der Waals surface area (Å²) in [6, 6.07) is 6.11. The predicted molar refractivity (Wildman–Crippen MR) is 100 cm³/mol. The minimum atomic E-state index is -3.14. The Morgan fingerprint density at radius 2 is 1.96 bits per heavy atom. The van der Waals surface area contributed by atoms with Crippen LogP contribution in [-0.4, -0.2) is 56.8 Å². The van der Waals surface area contributed by atoms with E-state index in [1.165, 1.54) is 0 Å². The molecule has 0 saturated carbocycles. The summed E-state index contributed by atoms with van der Waals surface area (Å²) in [6.07, 6.45) is 1.73. The number of carbonyl (C=O) groups excluding carboxylic acids is 1. The lowest BCUT2D eigenvalue weighted by atomic mass is 10.0. The minimum Gasteiger partial charge on any atom is -0.454 e. The topological polar surface area (TPSA) is 84.9 Å². The number of rotatable bonds is 9. The van der Waals surface area contributed by atoms with Gasteiger partial charge >= 0.3 is 0 Å². The molecule has 0 saturated heterocycles. The van der Waals surface area contributed by atoms with E-state index >= 15 is 0 Å². The molecule has 0 aromatic heterocycles. The van der Waals surface area contributed by atoms with E-state index in [1.54, 1.807) is 0 Å². The van der Waals surface area contributed by atoms with Gasteiger partial charge in [0.05, 0.1) is 11.9 Å². The molecule has 26 heavy (non-hydrogen) atoms. The molecule has 7 nitrogen and oxygen atoms in total. The lowest BCUT2D eigenvalue weighted by Gasteiger charge is -2.34. The van der Waals surface area contributed by atoms with Crippen molar-refractivity contribution in [3.8, 4) is 11.5 Å². The van der Waals surface area contributed by atoms with Crippen LogP contribution in [0.5, 0.6) is 11.5 Å². The zero-order chi connectivity index (χ0) is 19.3. The Hall–Kier alpha value is -1.80. The number of amides is 1. The standard InChI is InChI=1S/C18H28N2O5S/c1-5-20(14(3)19-18(21)8-9-26(4,22)23)13(2)10-15-6-7-16-17(11-15)25-12-24-16/h6-7,11,13-14H,5,8-10,12H2,1-4H3,(H,19,21). The highest BCUT2D eigenvalue weighted by Gasteiger charge is 2.22. The van der Waals surface area contributed by atoms with E-state index in [-0.39, 0.29) is 37.1 Å². The minimum absolute atomic E-state index is 0.0166. The number of benzene rings is 1. The van der Waals surface area contributed by atoms with E-state index in [1.807, 2.05) is 32.0 Å². The molecule has 0 spiro atoms. The molecular weight excluding hydrogens is 356 g/mol. The Balaban J connectivity index is 1.92. The summed E-state index contributed by atoms with van der Waals surface area (Å²) in [5.74, 6) is 1.14. The van der Waals surface area contributed by atoms with Crippen LogP contribution in [-0.2, 0) is 21.1 Å². The van der Waals surface area contributed by atoms with Crippen LogP contribution in [0, 0.1) is 0 Å². The fourth-order valence-corrected chi connectivity index (χ4v) is 3.72. The number of hydrogen-bond acceptors (Lipinski definition) is 6. The van der Waals surface area contributed by atoms with Crippen LogP contribution in [0.4, 0.5) is 0 Å². The number of fused-ring (bicyclic) bond motifs is 1. The SMILES string of the molecule is CCN(C(C)Cc1ccc2c(c1)OCO2)C(C)NC(=O)CCS(C)(=O)=O. The molecule has 0 fully saturated rings. The van der Waals surface area contributed by atoms with Gasteiger partial charge in [0.1, 0.15) is 9.84 Å². The summed E-state index contributed by atoms with van der Waals surface area (Å²) >= 11 is 0. The first-order chi connectivity index (χ1) is 12.2. The van der Waals surface area contributed by atoms with Crippen molar-refractivity contribution in [3.63, 3.8) is 0 Å². The third-order valence-corrected chi connectivity index (χ3v) is 5.41. The highest BCUT2D eigenvalue weighted by atomic mass is 32.2. The van der Waals surface area contributed by atoms with Crippen molar-refractivity contribution < 1.29 is 22.7 Å². The van der Waals surface area contributed by atoms with Crippen molar-refractivity contribution in [3.05, 3.63) is 23.8 Å². The van der Waals surface area contributed by atoms with Crippen LogP contribution in [0.15, 0.2) is 18.2 Å². The van der Waals surface area contributed by atoms with E-state index in [9.17, 15) is 13.2 Å². The number of nitrogens with one attached hydrogen (secondary N) is 1. The molecule has 0 aliphatic carbocycles. The highest BCUT2D eigenvalue weighted by molar-refractivity contribution is 7.90. The molecule has 1 aliphatic heterocycles. The van der Waals surface area contributed by atoms with Gasteiger partial charge in [-0.3, -0.25) is 9.69 Å². The van der Waals surface area contributed by atoms with E-state index in [4.69, 9.17) is 9.47 Å². The van der Waals surface area contributed by atoms with Gasteiger partial charge in [0.15, 0.2) is 11.5 Å². The number of nitrogens with zero attached hydrogens (tertiary/aromatic N) is 1. The number of carbonyl (C=O) groups is 1. The second-order valence-electron chi connectivity index (χ2n) is 6.69. The predicted octanol–water partition coefficient (Wildman–Crippen LogP) is 1.57. The smallest absolute Gasteiger partial charge is 0.231 e. The summed E-state index contributed by atoms with van der Waals surface area (Å²) in [5.41, 5.74) is 1.14. The average molecular weight is 384 g/mol. The monoisotopic (exact) mass is 384 g/mol. The molecule has 2 unspecified atom stereocenters. The van der Waals surface area contributed by atoms with Crippen LogP contribution < -0.4 is 14.8 Å². The molecule has 146 valence electrons. The number of likely N-dealkylation sites (N-methyl/N-ethyl adjacent to an activating group) is 1. The molecule has 1 N–H and O–H groups in total. The van der Waals surface area contributed by atoms with E-state index in [0.717, 1.165) is 36.3 Å². The van der Waals surface area contributed by atoms with Crippen LogP contribution >= 0.6 is 0 Å². The summed E-state index contributed by atoms with van der Waals surface area (Å²) in [4.78, 5) is 14.2. The maximum atomic E-state index is 12.0. The van der Waals surface area contributed by atoms with Gasteiger partial charge in [0.25, 0.3) is 0 Å².